The standard InChI is InChI=1S/C16H32N2O/c1-12(2)13-5-6-15(17-4)14(9-13)10-18-8-7-16(3,19)11-18/h12-15,17,19H,5-11H2,1-4H3. The largest absolute Gasteiger partial charge is 0.389 e. The van der Waals surface area contributed by atoms with E-state index < -0.39 is 5.60 Å². The van der Waals surface area contributed by atoms with E-state index >= 15 is 0 Å². The lowest BCUT2D eigenvalue weighted by Gasteiger charge is -2.39. The number of hydrogen-bond donors (Lipinski definition) is 2. The van der Waals surface area contributed by atoms with Crippen molar-refractivity contribution in [1.82, 2.24) is 10.2 Å². The maximum Gasteiger partial charge on any atom is 0.0758 e. The molecule has 2 aliphatic rings. The summed E-state index contributed by atoms with van der Waals surface area (Å²) in [5.74, 6) is 2.44. The molecule has 1 saturated carbocycles. The second-order valence-corrected chi connectivity index (χ2v) is 7.45. The van der Waals surface area contributed by atoms with E-state index in [1.54, 1.807) is 0 Å². The van der Waals surface area contributed by atoms with Crippen LogP contribution in [0.5, 0.6) is 0 Å². The van der Waals surface area contributed by atoms with Crippen molar-refractivity contribution in [2.24, 2.45) is 17.8 Å². The fourth-order valence-electron chi connectivity index (χ4n) is 4.01. The zero-order valence-electron chi connectivity index (χ0n) is 13.2. The number of nitrogens with zero attached hydrogens (tertiary/aromatic N) is 1. The average molecular weight is 268 g/mol. The number of β-amino-alcohol motifs (C(OH)–C–C–N with tert-alkyl or cyclic N) is 1. The molecule has 0 aromatic heterocycles. The molecule has 19 heavy (non-hydrogen) atoms. The van der Waals surface area contributed by atoms with Crippen LogP contribution in [0, 0.1) is 17.8 Å². The fraction of sp³-hybridized carbons (Fsp3) is 1.00. The summed E-state index contributed by atoms with van der Waals surface area (Å²) in [6.45, 7) is 9.77. The molecule has 0 radical (unpaired) electrons. The van der Waals surface area contributed by atoms with Crippen LogP contribution in [0.1, 0.15) is 46.5 Å². The minimum atomic E-state index is -0.457. The Morgan fingerprint density at radius 1 is 1.37 bits per heavy atom. The number of hydrogen-bond acceptors (Lipinski definition) is 3. The van der Waals surface area contributed by atoms with Crippen molar-refractivity contribution < 1.29 is 5.11 Å². The summed E-state index contributed by atoms with van der Waals surface area (Å²) < 4.78 is 0. The fourth-order valence-corrected chi connectivity index (χ4v) is 4.01. The molecule has 1 heterocycles. The topological polar surface area (TPSA) is 35.5 Å². The first kappa shape index (κ1) is 15.3. The summed E-state index contributed by atoms with van der Waals surface area (Å²) >= 11 is 0. The minimum Gasteiger partial charge on any atom is -0.389 e. The van der Waals surface area contributed by atoms with E-state index in [0.29, 0.717) is 6.04 Å². The van der Waals surface area contributed by atoms with E-state index in [1.165, 1.54) is 19.3 Å². The third kappa shape index (κ3) is 3.93. The Morgan fingerprint density at radius 3 is 2.63 bits per heavy atom. The Labute approximate surface area is 118 Å². The first-order valence-electron chi connectivity index (χ1n) is 8.03. The van der Waals surface area contributed by atoms with Crippen molar-refractivity contribution in [3.8, 4) is 0 Å². The van der Waals surface area contributed by atoms with Gasteiger partial charge in [0.2, 0.25) is 0 Å². The highest BCUT2D eigenvalue weighted by atomic mass is 16.3. The summed E-state index contributed by atoms with van der Waals surface area (Å²) in [5.41, 5.74) is -0.457. The number of rotatable bonds is 4. The highest BCUT2D eigenvalue weighted by Crippen LogP contribution is 2.35. The van der Waals surface area contributed by atoms with Crippen molar-refractivity contribution in [2.75, 3.05) is 26.7 Å². The van der Waals surface area contributed by atoms with Crippen LogP contribution in [0.3, 0.4) is 0 Å². The van der Waals surface area contributed by atoms with Gasteiger partial charge in [0.05, 0.1) is 5.60 Å². The van der Waals surface area contributed by atoms with Gasteiger partial charge in [0.1, 0.15) is 0 Å². The van der Waals surface area contributed by atoms with Gasteiger partial charge in [-0.15, -0.1) is 0 Å². The molecule has 4 atom stereocenters. The maximum absolute atomic E-state index is 10.1. The van der Waals surface area contributed by atoms with Crippen molar-refractivity contribution in [3.63, 3.8) is 0 Å². The van der Waals surface area contributed by atoms with Gasteiger partial charge in [0.25, 0.3) is 0 Å². The summed E-state index contributed by atoms with van der Waals surface area (Å²) in [4.78, 5) is 2.47. The second-order valence-electron chi connectivity index (χ2n) is 7.45. The van der Waals surface area contributed by atoms with Gasteiger partial charge in [-0.1, -0.05) is 13.8 Å². The van der Waals surface area contributed by atoms with E-state index in [1.807, 2.05) is 6.92 Å². The molecule has 2 rings (SSSR count). The van der Waals surface area contributed by atoms with Crippen molar-refractivity contribution in [3.05, 3.63) is 0 Å². The van der Waals surface area contributed by atoms with Crippen LogP contribution in [0.15, 0.2) is 0 Å². The summed E-state index contributed by atoms with van der Waals surface area (Å²) in [6, 6.07) is 0.667. The van der Waals surface area contributed by atoms with Gasteiger partial charge in [-0.2, -0.15) is 0 Å². The first-order chi connectivity index (χ1) is 8.91. The normalized spacial score (nSPS) is 41.1. The molecule has 0 aromatic carbocycles. The van der Waals surface area contributed by atoms with Crippen molar-refractivity contribution >= 4 is 0 Å². The van der Waals surface area contributed by atoms with Crippen molar-refractivity contribution in [2.45, 2.75) is 58.1 Å². The quantitative estimate of drug-likeness (QED) is 0.820. The number of likely N-dealkylation sites (tertiary alicyclic amines) is 1. The lowest BCUT2D eigenvalue weighted by Crippen LogP contribution is -2.45. The van der Waals surface area contributed by atoms with Crippen LogP contribution >= 0.6 is 0 Å². The second kappa shape index (κ2) is 6.11. The molecule has 0 spiro atoms. The van der Waals surface area contributed by atoms with Crippen LogP contribution in [-0.4, -0.2) is 48.3 Å². The molecule has 2 N–H and O–H groups in total. The van der Waals surface area contributed by atoms with Gasteiger partial charge < -0.3 is 15.3 Å². The predicted molar refractivity (Wildman–Crippen MR) is 80.2 cm³/mol. The summed E-state index contributed by atoms with van der Waals surface area (Å²) in [7, 11) is 2.10. The highest BCUT2D eigenvalue weighted by molar-refractivity contribution is 4.91. The van der Waals surface area contributed by atoms with Gasteiger partial charge in [-0.3, -0.25) is 0 Å². The third-order valence-corrected chi connectivity index (χ3v) is 5.36. The molecule has 4 unspecified atom stereocenters. The Bertz CT molecular complexity index is 290. The highest BCUT2D eigenvalue weighted by Gasteiger charge is 2.36. The van der Waals surface area contributed by atoms with Crippen molar-refractivity contribution in [1.29, 1.82) is 0 Å². The lowest BCUT2D eigenvalue weighted by atomic mass is 9.73. The number of aliphatic hydroxyl groups is 1. The Hall–Kier alpha value is -0.120. The monoisotopic (exact) mass is 268 g/mol. The van der Waals surface area contributed by atoms with Gasteiger partial charge in [-0.25, -0.2) is 0 Å². The van der Waals surface area contributed by atoms with Crippen LogP contribution in [0.2, 0.25) is 0 Å². The number of nitrogens with one attached hydrogen (secondary N) is 1. The van der Waals surface area contributed by atoms with Crippen LogP contribution in [0.4, 0.5) is 0 Å². The average Bonchev–Trinajstić information content (AvgIpc) is 2.68. The minimum absolute atomic E-state index is 0.457. The molecule has 1 saturated heterocycles. The molecule has 2 fully saturated rings. The Kier molecular flexibility index (Phi) is 4.91. The molecule has 3 heteroatoms. The van der Waals surface area contributed by atoms with Crippen LogP contribution in [0.25, 0.3) is 0 Å². The Morgan fingerprint density at radius 2 is 2.11 bits per heavy atom. The van der Waals surface area contributed by atoms with E-state index in [4.69, 9.17) is 0 Å². The van der Waals surface area contributed by atoms with E-state index in [2.05, 4.69) is 31.1 Å². The molecule has 1 aliphatic carbocycles. The zero-order valence-corrected chi connectivity index (χ0v) is 13.2. The van der Waals surface area contributed by atoms with E-state index in [0.717, 1.165) is 43.8 Å². The third-order valence-electron chi connectivity index (χ3n) is 5.36. The molecular formula is C16H32N2O. The summed E-state index contributed by atoms with van der Waals surface area (Å²) in [6.07, 6.45) is 4.96. The predicted octanol–water partition coefficient (Wildman–Crippen LogP) is 2.10. The van der Waals surface area contributed by atoms with Crippen LogP contribution in [-0.2, 0) is 0 Å². The first-order valence-corrected chi connectivity index (χ1v) is 8.03. The molecule has 112 valence electrons. The molecule has 1 aliphatic heterocycles. The van der Waals surface area contributed by atoms with Gasteiger partial charge in [0.15, 0.2) is 0 Å². The molecule has 0 amide bonds. The maximum atomic E-state index is 10.1. The van der Waals surface area contributed by atoms with Gasteiger partial charge >= 0.3 is 0 Å². The molecule has 0 aromatic rings. The van der Waals surface area contributed by atoms with Gasteiger partial charge in [-0.05, 0) is 57.4 Å². The summed E-state index contributed by atoms with van der Waals surface area (Å²) in [5, 5.41) is 13.6. The zero-order chi connectivity index (χ0) is 14.0. The SMILES string of the molecule is CNC1CCC(C(C)C)CC1CN1CCC(C)(O)C1. The van der Waals surface area contributed by atoms with E-state index in [-0.39, 0.29) is 0 Å². The van der Waals surface area contributed by atoms with E-state index in [9.17, 15) is 5.11 Å². The molecule has 3 nitrogen and oxygen atoms in total. The van der Waals surface area contributed by atoms with Crippen LogP contribution < -0.4 is 5.32 Å². The lowest BCUT2D eigenvalue weighted by molar-refractivity contribution is 0.0611. The van der Waals surface area contributed by atoms with Gasteiger partial charge in [0, 0.05) is 25.7 Å². The smallest absolute Gasteiger partial charge is 0.0758 e. The molecular weight excluding hydrogens is 236 g/mol. The Balaban J connectivity index is 1.91. The molecule has 0 bridgehead atoms.